The van der Waals surface area contributed by atoms with Gasteiger partial charge in [-0.05, 0) is 25.1 Å². The van der Waals surface area contributed by atoms with Crippen molar-refractivity contribution in [3.05, 3.63) is 40.5 Å². The lowest BCUT2D eigenvalue weighted by Gasteiger charge is -2.13. The Kier molecular flexibility index (Phi) is 4.97. The minimum absolute atomic E-state index is 0.0714. The van der Waals surface area contributed by atoms with E-state index in [0.717, 1.165) is 11.3 Å². The number of ether oxygens (including phenoxy) is 1. The smallest absolute Gasteiger partial charge is 0.422 e. The number of carboxylic acid groups (broad SMARTS) is 1. The number of alkyl halides is 3. The second-order valence-corrected chi connectivity index (χ2v) is 7.10. The molecule has 2 heterocycles. The first-order valence-electron chi connectivity index (χ1n) is 7.18. The lowest BCUT2D eigenvalue weighted by molar-refractivity contribution is -0.153. The summed E-state index contributed by atoms with van der Waals surface area (Å²) in [6, 6.07) is 4.61. The Morgan fingerprint density at radius 1 is 1.35 bits per heavy atom. The molecule has 0 radical (unpaired) electrons. The molecule has 2 aromatic heterocycles. The van der Waals surface area contributed by atoms with Gasteiger partial charge in [0, 0.05) is 17.3 Å². The van der Waals surface area contributed by atoms with Crippen molar-refractivity contribution in [2.75, 3.05) is 6.61 Å². The van der Waals surface area contributed by atoms with Gasteiger partial charge in [-0.15, -0.1) is 22.7 Å². The van der Waals surface area contributed by atoms with Crippen molar-refractivity contribution in [3.63, 3.8) is 0 Å². The third-order valence-electron chi connectivity index (χ3n) is 3.31. The van der Waals surface area contributed by atoms with Gasteiger partial charge >= 0.3 is 12.1 Å². The molecule has 3 aromatic rings. The molecule has 0 aliphatic rings. The van der Waals surface area contributed by atoms with Crippen LogP contribution in [0.15, 0.2) is 29.9 Å². The zero-order chi connectivity index (χ0) is 18.9. The zero-order valence-electron chi connectivity index (χ0n) is 13.2. The van der Waals surface area contributed by atoms with Crippen molar-refractivity contribution < 1.29 is 27.8 Å². The highest BCUT2D eigenvalue weighted by Crippen LogP contribution is 2.38. The molecule has 0 bridgehead atoms. The van der Waals surface area contributed by atoms with Crippen LogP contribution in [0.25, 0.3) is 21.0 Å². The van der Waals surface area contributed by atoms with E-state index in [2.05, 4.69) is 9.97 Å². The second kappa shape index (κ2) is 7.04. The van der Waals surface area contributed by atoms with Crippen LogP contribution in [0, 0.1) is 6.92 Å². The number of benzene rings is 1. The minimum Gasteiger partial charge on any atom is -0.483 e. The van der Waals surface area contributed by atoms with E-state index in [9.17, 15) is 18.0 Å². The van der Waals surface area contributed by atoms with Crippen LogP contribution in [0.4, 0.5) is 13.2 Å². The van der Waals surface area contributed by atoms with Gasteiger partial charge in [-0.2, -0.15) is 13.2 Å². The van der Waals surface area contributed by atoms with E-state index in [-0.39, 0.29) is 10.6 Å². The molecule has 0 saturated carbocycles. The summed E-state index contributed by atoms with van der Waals surface area (Å²) >= 11 is 2.26. The number of aromatic carboxylic acids is 1. The molecule has 0 aliphatic heterocycles. The molecule has 1 N–H and O–H groups in total. The molecular formula is C16H11F3N2O3S2. The maximum Gasteiger partial charge on any atom is 0.422 e. The molecule has 0 saturated heterocycles. The first kappa shape index (κ1) is 18.3. The molecule has 0 aliphatic carbocycles. The number of hydrogen-bond donors (Lipinski definition) is 1. The predicted octanol–water partition coefficient (Wildman–Crippen LogP) is 4.88. The van der Waals surface area contributed by atoms with Gasteiger partial charge < -0.3 is 9.84 Å². The normalized spacial score (nSPS) is 11.5. The number of carbonyl (C=O) groups is 1. The Bertz CT molecular complexity index is 937. The maximum absolute atomic E-state index is 12.5. The molecule has 0 spiro atoms. The van der Waals surface area contributed by atoms with Crippen molar-refractivity contribution in [3.8, 4) is 26.8 Å². The van der Waals surface area contributed by atoms with E-state index in [0.29, 0.717) is 26.7 Å². The Hall–Kier alpha value is -2.46. The molecular weight excluding hydrogens is 389 g/mol. The number of rotatable bonds is 5. The molecule has 5 nitrogen and oxygen atoms in total. The first-order valence-corrected chi connectivity index (χ1v) is 8.88. The summed E-state index contributed by atoms with van der Waals surface area (Å²) < 4.78 is 42.4. The molecule has 0 unspecified atom stereocenters. The number of hydrogen-bond acceptors (Lipinski definition) is 6. The predicted molar refractivity (Wildman–Crippen MR) is 91.9 cm³/mol. The maximum atomic E-state index is 12.5. The number of aryl methyl sites for hydroxylation is 1. The van der Waals surface area contributed by atoms with Crippen molar-refractivity contribution in [2.24, 2.45) is 0 Å². The molecule has 26 heavy (non-hydrogen) atoms. The van der Waals surface area contributed by atoms with Gasteiger partial charge in [0.05, 0.1) is 16.1 Å². The topological polar surface area (TPSA) is 72.3 Å². The van der Waals surface area contributed by atoms with Gasteiger partial charge in [0.15, 0.2) is 6.61 Å². The average molecular weight is 400 g/mol. The van der Waals surface area contributed by atoms with Gasteiger partial charge in [-0.25, -0.2) is 9.78 Å². The SMILES string of the molecule is Cc1nc(-c2ccc(OCC(F)(F)F)c(-c3cncs3)c2)sc1C(=O)O. The fraction of sp³-hybridized carbons (Fsp3) is 0.188. The van der Waals surface area contributed by atoms with E-state index < -0.39 is 18.8 Å². The Labute approximate surface area is 153 Å². The largest absolute Gasteiger partial charge is 0.483 e. The Balaban J connectivity index is 2.02. The number of halogens is 3. The van der Waals surface area contributed by atoms with Crippen LogP contribution < -0.4 is 4.74 Å². The van der Waals surface area contributed by atoms with E-state index in [1.165, 1.54) is 23.6 Å². The van der Waals surface area contributed by atoms with Crippen molar-refractivity contribution in [1.82, 2.24) is 9.97 Å². The van der Waals surface area contributed by atoms with Crippen LogP contribution >= 0.6 is 22.7 Å². The van der Waals surface area contributed by atoms with Crippen LogP contribution in [-0.4, -0.2) is 33.8 Å². The van der Waals surface area contributed by atoms with Crippen LogP contribution in [0.2, 0.25) is 0 Å². The number of carboxylic acids is 1. The van der Waals surface area contributed by atoms with Gasteiger partial charge in [0.25, 0.3) is 0 Å². The molecule has 0 amide bonds. The number of aromatic nitrogens is 2. The standard InChI is InChI=1S/C16H11F3N2O3S2/c1-8-13(15(22)23)26-14(21-8)9-2-3-11(24-6-16(17,18)19)10(4-9)12-5-20-7-25-12/h2-5,7H,6H2,1H3,(H,22,23). The summed E-state index contributed by atoms with van der Waals surface area (Å²) in [7, 11) is 0. The van der Waals surface area contributed by atoms with E-state index in [1.807, 2.05) is 0 Å². The quantitative estimate of drug-likeness (QED) is 0.661. The molecule has 136 valence electrons. The van der Waals surface area contributed by atoms with Crippen LogP contribution in [0.5, 0.6) is 5.75 Å². The zero-order valence-corrected chi connectivity index (χ0v) is 14.8. The molecule has 0 fully saturated rings. The monoisotopic (exact) mass is 400 g/mol. The first-order chi connectivity index (χ1) is 12.2. The van der Waals surface area contributed by atoms with E-state index in [1.54, 1.807) is 24.6 Å². The van der Waals surface area contributed by atoms with Gasteiger partial charge in [-0.3, -0.25) is 4.98 Å². The van der Waals surface area contributed by atoms with Gasteiger partial charge in [0.1, 0.15) is 15.6 Å². The summed E-state index contributed by atoms with van der Waals surface area (Å²) in [5.74, 6) is -0.999. The molecule has 1 aromatic carbocycles. The van der Waals surface area contributed by atoms with Crippen LogP contribution in [0.1, 0.15) is 15.4 Å². The number of thiazole rings is 2. The van der Waals surface area contributed by atoms with E-state index >= 15 is 0 Å². The third-order valence-corrected chi connectivity index (χ3v) is 5.31. The average Bonchev–Trinajstić information content (AvgIpc) is 3.21. The molecule has 3 rings (SSSR count). The lowest BCUT2D eigenvalue weighted by Crippen LogP contribution is -2.19. The lowest BCUT2D eigenvalue weighted by atomic mass is 10.1. The fourth-order valence-corrected chi connectivity index (χ4v) is 3.75. The second-order valence-electron chi connectivity index (χ2n) is 5.22. The summed E-state index contributed by atoms with van der Waals surface area (Å²) in [6.07, 6.45) is -2.92. The summed E-state index contributed by atoms with van der Waals surface area (Å²) in [5.41, 5.74) is 2.98. The molecule has 0 atom stereocenters. The fourth-order valence-electron chi connectivity index (χ4n) is 2.21. The minimum atomic E-state index is -4.45. The molecule has 10 heteroatoms. The summed E-state index contributed by atoms with van der Waals surface area (Å²) in [5, 5.41) is 9.62. The highest BCUT2D eigenvalue weighted by Gasteiger charge is 2.29. The van der Waals surface area contributed by atoms with Crippen molar-refractivity contribution >= 4 is 28.6 Å². The van der Waals surface area contributed by atoms with Crippen LogP contribution in [0.3, 0.4) is 0 Å². The summed E-state index contributed by atoms with van der Waals surface area (Å²) in [4.78, 5) is 20.1. The highest BCUT2D eigenvalue weighted by molar-refractivity contribution is 7.17. The third kappa shape index (κ3) is 4.02. The van der Waals surface area contributed by atoms with Crippen molar-refractivity contribution in [1.29, 1.82) is 0 Å². The summed E-state index contributed by atoms with van der Waals surface area (Å²) in [6.45, 7) is 0.187. The Morgan fingerprint density at radius 3 is 2.69 bits per heavy atom. The van der Waals surface area contributed by atoms with E-state index in [4.69, 9.17) is 9.84 Å². The highest BCUT2D eigenvalue weighted by atomic mass is 32.1. The van der Waals surface area contributed by atoms with Gasteiger partial charge in [0.2, 0.25) is 0 Å². The number of nitrogens with zero attached hydrogens (tertiary/aromatic N) is 2. The van der Waals surface area contributed by atoms with Crippen LogP contribution in [-0.2, 0) is 0 Å². The Morgan fingerprint density at radius 2 is 2.12 bits per heavy atom. The van der Waals surface area contributed by atoms with Gasteiger partial charge in [-0.1, -0.05) is 0 Å². The van der Waals surface area contributed by atoms with Crippen molar-refractivity contribution in [2.45, 2.75) is 13.1 Å².